The molecule has 9 nitrogen and oxygen atoms in total. The molecule has 0 saturated heterocycles. The van der Waals surface area contributed by atoms with Crippen molar-refractivity contribution in [2.24, 2.45) is 7.05 Å². The van der Waals surface area contributed by atoms with E-state index in [0.717, 1.165) is 10.2 Å². The topological polar surface area (TPSA) is 100 Å². The van der Waals surface area contributed by atoms with Gasteiger partial charge in [-0.25, -0.2) is 4.79 Å². The third-order valence-corrected chi connectivity index (χ3v) is 4.31. The number of rotatable bonds is 6. The third-order valence-electron chi connectivity index (χ3n) is 4.31. The summed E-state index contributed by atoms with van der Waals surface area (Å²) < 4.78 is 13.7. The molecule has 0 bridgehead atoms. The van der Waals surface area contributed by atoms with Crippen LogP contribution in [0.5, 0.6) is 11.5 Å². The number of hydrogen-bond acceptors (Lipinski definition) is 6. The lowest BCUT2D eigenvalue weighted by molar-refractivity contribution is 0.0963. The average Bonchev–Trinajstić information content (AvgIpc) is 3.04. The van der Waals surface area contributed by atoms with Gasteiger partial charge < -0.3 is 14.8 Å². The fourth-order valence-electron chi connectivity index (χ4n) is 2.80. The minimum absolute atomic E-state index is 0.141. The number of carbonyl (C=O) groups is 1. The number of carbonyl (C=O) groups excluding carboxylic acids is 1. The van der Waals surface area contributed by atoms with Gasteiger partial charge in [-0.3, -0.25) is 4.79 Å². The highest BCUT2D eigenvalue weighted by atomic mass is 16.5. The van der Waals surface area contributed by atoms with E-state index in [9.17, 15) is 9.59 Å². The Hall–Kier alpha value is -3.62. The fraction of sp³-hybridized carbons (Fsp3) is 0.263. The van der Waals surface area contributed by atoms with E-state index >= 15 is 0 Å². The number of hydrogen-bond donors (Lipinski definition) is 1. The molecule has 146 valence electrons. The Bertz CT molecular complexity index is 1070. The zero-order chi connectivity index (χ0) is 20.3. The molecular weight excluding hydrogens is 362 g/mol. The molecule has 9 heteroatoms. The molecule has 0 aliphatic rings. The lowest BCUT2D eigenvalue weighted by Crippen LogP contribution is -2.23. The van der Waals surface area contributed by atoms with Crippen LogP contribution < -0.4 is 20.5 Å². The summed E-state index contributed by atoms with van der Waals surface area (Å²) in [5.41, 5.74) is 2.17. The first-order valence-corrected chi connectivity index (χ1v) is 8.57. The van der Waals surface area contributed by atoms with Crippen LogP contribution in [0.4, 0.5) is 0 Å². The largest absolute Gasteiger partial charge is 0.496 e. The molecular formula is C19H21N5O4. The van der Waals surface area contributed by atoms with Gasteiger partial charge in [0.15, 0.2) is 0 Å². The molecule has 0 radical (unpaired) electrons. The molecule has 28 heavy (non-hydrogen) atoms. The van der Waals surface area contributed by atoms with Crippen LogP contribution >= 0.6 is 0 Å². The quantitative estimate of drug-likeness (QED) is 0.687. The van der Waals surface area contributed by atoms with Gasteiger partial charge in [0.05, 0.1) is 18.4 Å². The molecule has 2 aromatic carbocycles. The number of methoxy groups -OCH3 is 1. The fourth-order valence-corrected chi connectivity index (χ4v) is 2.80. The zero-order valence-corrected chi connectivity index (χ0v) is 16.1. The van der Waals surface area contributed by atoms with Crippen molar-refractivity contribution in [3.63, 3.8) is 0 Å². The summed E-state index contributed by atoms with van der Waals surface area (Å²) >= 11 is 0. The Morgan fingerprint density at radius 3 is 2.57 bits per heavy atom. The molecule has 3 rings (SSSR count). The van der Waals surface area contributed by atoms with Crippen LogP contribution in [0.3, 0.4) is 0 Å². The summed E-state index contributed by atoms with van der Waals surface area (Å²) in [5, 5.41) is 10.2. The van der Waals surface area contributed by atoms with Crippen molar-refractivity contribution in [2.45, 2.75) is 13.5 Å². The van der Waals surface area contributed by atoms with E-state index in [2.05, 4.69) is 15.7 Å². The number of ether oxygens (including phenoxy) is 2. The van der Waals surface area contributed by atoms with E-state index in [1.54, 1.807) is 50.6 Å². The normalized spacial score (nSPS) is 10.6. The Labute approximate surface area is 161 Å². The monoisotopic (exact) mass is 383 g/mol. The van der Waals surface area contributed by atoms with Gasteiger partial charge in [-0.15, -0.1) is 0 Å². The Kier molecular flexibility index (Phi) is 5.44. The molecule has 0 aliphatic carbocycles. The summed E-state index contributed by atoms with van der Waals surface area (Å²) in [4.78, 5) is 24.0. The average molecular weight is 383 g/mol. The molecule has 0 fully saturated rings. The van der Waals surface area contributed by atoms with Gasteiger partial charge in [0, 0.05) is 19.7 Å². The van der Waals surface area contributed by atoms with Crippen LogP contribution in [0.15, 0.2) is 41.2 Å². The molecule has 1 amide bonds. The first-order chi connectivity index (χ1) is 13.5. The maximum atomic E-state index is 12.3. The lowest BCUT2D eigenvalue weighted by atomic mass is 10.1. The Morgan fingerprint density at radius 1 is 1.18 bits per heavy atom. The highest BCUT2D eigenvalue weighted by Crippen LogP contribution is 2.27. The van der Waals surface area contributed by atoms with Crippen molar-refractivity contribution in [1.82, 2.24) is 25.1 Å². The molecule has 3 aromatic rings. The van der Waals surface area contributed by atoms with E-state index in [1.165, 1.54) is 11.7 Å². The maximum Gasteiger partial charge on any atom is 0.368 e. The molecule has 0 saturated carbocycles. The Balaban J connectivity index is 1.94. The van der Waals surface area contributed by atoms with E-state index in [1.807, 2.05) is 6.92 Å². The van der Waals surface area contributed by atoms with Crippen molar-refractivity contribution < 1.29 is 14.3 Å². The Morgan fingerprint density at radius 2 is 1.96 bits per heavy atom. The third kappa shape index (κ3) is 3.59. The zero-order valence-electron chi connectivity index (χ0n) is 16.1. The standard InChI is InChI=1S/C19H21N5O4/c1-12-10-13(18(25)20-2)8-9-16(12)28-11-14-15(6-5-7-17(14)27-4)24-19(26)23(3)21-22-24/h5-10H,11H2,1-4H3,(H,20,25). The van der Waals surface area contributed by atoms with E-state index in [-0.39, 0.29) is 18.2 Å². The molecule has 0 atom stereocenters. The van der Waals surface area contributed by atoms with Gasteiger partial charge in [-0.05, 0) is 53.2 Å². The number of aryl methyl sites for hydroxylation is 2. The second-order valence-corrected chi connectivity index (χ2v) is 6.10. The van der Waals surface area contributed by atoms with Crippen LogP contribution in [-0.2, 0) is 13.7 Å². The van der Waals surface area contributed by atoms with Crippen molar-refractivity contribution >= 4 is 5.91 Å². The van der Waals surface area contributed by atoms with Crippen LogP contribution in [0.2, 0.25) is 0 Å². The van der Waals surface area contributed by atoms with E-state index in [0.29, 0.717) is 28.3 Å². The molecule has 1 N–H and O–H groups in total. The smallest absolute Gasteiger partial charge is 0.368 e. The van der Waals surface area contributed by atoms with Crippen molar-refractivity contribution in [2.75, 3.05) is 14.2 Å². The molecule has 1 aromatic heterocycles. The van der Waals surface area contributed by atoms with Crippen molar-refractivity contribution in [1.29, 1.82) is 0 Å². The second-order valence-electron chi connectivity index (χ2n) is 6.10. The summed E-state index contributed by atoms with van der Waals surface area (Å²) in [7, 11) is 4.66. The summed E-state index contributed by atoms with van der Waals surface area (Å²) in [6.07, 6.45) is 0. The highest BCUT2D eigenvalue weighted by Gasteiger charge is 2.16. The highest BCUT2D eigenvalue weighted by molar-refractivity contribution is 5.94. The predicted molar refractivity (Wildman–Crippen MR) is 102 cm³/mol. The van der Waals surface area contributed by atoms with Crippen LogP contribution in [0.1, 0.15) is 21.5 Å². The van der Waals surface area contributed by atoms with Crippen LogP contribution in [0, 0.1) is 6.92 Å². The van der Waals surface area contributed by atoms with Gasteiger partial charge >= 0.3 is 5.69 Å². The maximum absolute atomic E-state index is 12.3. The first kappa shape index (κ1) is 19.2. The molecule has 1 heterocycles. The van der Waals surface area contributed by atoms with E-state index in [4.69, 9.17) is 9.47 Å². The number of nitrogens with one attached hydrogen (secondary N) is 1. The number of aromatic nitrogens is 4. The van der Waals surface area contributed by atoms with E-state index < -0.39 is 0 Å². The minimum atomic E-state index is -0.374. The van der Waals surface area contributed by atoms with Crippen molar-refractivity contribution in [3.8, 4) is 17.2 Å². The molecule has 0 spiro atoms. The predicted octanol–water partition coefficient (Wildman–Crippen LogP) is 1.22. The minimum Gasteiger partial charge on any atom is -0.496 e. The number of benzene rings is 2. The van der Waals surface area contributed by atoms with Gasteiger partial charge in [-0.2, -0.15) is 9.36 Å². The first-order valence-electron chi connectivity index (χ1n) is 8.57. The van der Waals surface area contributed by atoms with Crippen LogP contribution in [0.25, 0.3) is 5.69 Å². The SMILES string of the molecule is CNC(=O)c1ccc(OCc2c(OC)cccc2-n2nnn(C)c2=O)c(C)c1. The van der Waals surface area contributed by atoms with Gasteiger partial charge in [-0.1, -0.05) is 6.07 Å². The molecule has 0 aliphatic heterocycles. The number of tetrazole rings is 1. The molecule has 0 unspecified atom stereocenters. The number of amides is 1. The number of nitrogens with zero attached hydrogens (tertiary/aromatic N) is 4. The van der Waals surface area contributed by atoms with Gasteiger partial charge in [0.1, 0.15) is 18.1 Å². The van der Waals surface area contributed by atoms with Gasteiger partial charge in [0.2, 0.25) is 0 Å². The van der Waals surface area contributed by atoms with Crippen LogP contribution in [-0.4, -0.2) is 39.9 Å². The van der Waals surface area contributed by atoms with Crippen molar-refractivity contribution in [3.05, 3.63) is 63.6 Å². The summed E-state index contributed by atoms with van der Waals surface area (Å²) in [5.74, 6) is 1.02. The lowest BCUT2D eigenvalue weighted by Gasteiger charge is -2.15. The summed E-state index contributed by atoms with van der Waals surface area (Å²) in [6, 6.07) is 10.5. The second kappa shape index (κ2) is 7.95. The summed E-state index contributed by atoms with van der Waals surface area (Å²) in [6.45, 7) is 2.00. The van der Waals surface area contributed by atoms with Gasteiger partial charge in [0.25, 0.3) is 5.91 Å².